The van der Waals surface area contributed by atoms with Crippen LogP contribution in [0, 0.1) is 0 Å². The van der Waals surface area contributed by atoms with Gasteiger partial charge in [0.05, 0.1) is 30.9 Å². The highest BCUT2D eigenvalue weighted by atomic mass is 35.5. The summed E-state index contributed by atoms with van der Waals surface area (Å²) in [6, 6.07) is 3.53. The van der Waals surface area contributed by atoms with Crippen LogP contribution in [0.25, 0.3) is 0 Å². The maximum Gasteiger partial charge on any atom is 0.184 e. The van der Waals surface area contributed by atoms with E-state index in [4.69, 9.17) is 25.8 Å². The van der Waals surface area contributed by atoms with Crippen LogP contribution in [0.1, 0.15) is 24.0 Å². The third kappa shape index (κ3) is 2.39. The molecule has 5 nitrogen and oxygen atoms in total. The molecule has 3 heterocycles. The molecule has 2 aliphatic heterocycles. The number of ether oxygens (including phenoxy) is 3. The van der Waals surface area contributed by atoms with Gasteiger partial charge in [0.2, 0.25) is 0 Å². The van der Waals surface area contributed by atoms with E-state index >= 15 is 0 Å². The molecule has 0 amide bonds. The van der Waals surface area contributed by atoms with Gasteiger partial charge in [-0.05, 0) is 18.6 Å². The molecule has 3 rings (SSSR count). The molecule has 2 aliphatic rings. The monoisotopic (exact) mass is 283 g/mol. The lowest BCUT2D eigenvalue weighted by molar-refractivity contribution is -0.112. The zero-order valence-electron chi connectivity index (χ0n) is 10.3. The van der Waals surface area contributed by atoms with Crippen LogP contribution in [-0.4, -0.2) is 37.7 Å². The molecule has 0 saturated carbocycles. The lowest BCUT2D eigenvalue weighted by Gasteiger charge is -2.21. The van der Waals surface area contributed by atoms with E-state index in [0.29, 0.717) is 43.7 Å². The summed E-state index contributed by atoms with van der Waals surface area (Å²) in [5.74, 6) is 0. The third-order valence-corrected chi connectivity index (χ3v) is 3.69. The Bertz CT molecular complexity index is 482. The minimum absolute atomic E-state index is 0.333. The average Bonchev–Trinajstić information content (AvgIpc) is 3.10. The van der Waals surface area contributed by atoms with E-state index in [9.17, 15) is 4.79 Å². The number of nitrogens with zero attached hydrogens (tertiary/aromatic N) is 1. The summed E-state index contributed by atoms with van der Waals surface area (Å²) < 4.78 is 16.2. The Morgan fingerprint density at radius 2 is 2.11 bits per heavy atom. The molecule has 1 aromatic rings. The van der Waals surface area contributed by atoms with Crippen molar-refractivity contribution in [2.24, 2.45) is 0 Å². The molecule has 1 unspecified atom stereocenters. The number of hydrogen-bond acceptors (Lipinski definition) is 5. The Labute approximate surface area is 115 Å². The van der Waals surface area contributed by atoms with Crippen LogP contribution < -0.4 is 0 Å². The largest absolute Gasteiger partial charge is 0.380 e. The minimum atomic E-state index is -0.696. The van der Waals surface area contributed by atoms with Crippen LogP contribution >= 0.6 is 11.6 Å². The molecular formula is C13H14ClNO4. The van der Waals surface area contributed by atoms with Crippen LogP contribution in [0.4, 0.5) is 0 Å². The van der Waals surface area contributed by atoms with Crippen LogP contribution in [0.15, 0.2) is 12.1 Å². The Morgan fingerprint density at radius 3 is 2.74 bits per heavy atom. The second-order valence-corrected chi connectivity index (χ2v) is 5.15. The molecule has 2 fully saturated rings. The van der Waals surface area contributed by atoms with Crippen molar-refractivity contribution in [2.45, 2.75) is 18.1 Å². The molecule has 0 aromatic carbocycles. The minimum Gasteiger partial charge on any atom is -0.380 e. The van der Waals surface area contributed by atoms with Gasteiger partial charge in [0.25, 0.3) is 0 Å². The van der Waals surface area contributed by atoms with Gasteiger partial charge in [0.15, 0.2) is 6.29 Å². The smallest absolute Gasteiger partial charge is 0.184 e. The summed E-state index contributed by atoms with van der Waals surface area (Å²) in [6.45, 7) is 2.01. The summed E-state index contributed by atoms with van der Waals surface area (Å²) in [5, 5.41) is 0.333. The number of hydrogen-bond donors (Lipinski definition) is 0. The molecule has 19 heavy (non-hydrogen) atoms. The Morgan fingerprint density at radius 1 is 1.32 bits per heavy atom. The molecule has 0 bridgehead atoms. The fourth-order valence-electron chi connectivity index (χ4n) is 2.39. The number of aldehydes is 1. The lowest BCUT2D eigenvalue weighted by Crippen LogP contribution is -2.30. The number of carbonyl (C=O) groups excluding carboxylic acids is 1. The Hall–Kier alpha value is -1.01. The highest BCUT2D eigenvalue weighted by Gasteiger charge is 2.39. The van der Waals surface area contributed by atoms with E-state index in [-0.39, 0.29) is 0 Å². The fraction of sp³-hybridized carbons (Fsp3) is 0.538. The normalized spacial score (nSPS) is 27.8. The van der Waals surface area contributed by atoms with Crippen molar-refractivity contribution in [1.82, 2.24) is 4.98 Å². The van der Waals surface area contributed by atoms with Crippen molar-refractivity contribution >= 4 is 17.9 Å². The molecule has 0 aliphatic carbocycles. The Kier molecular flexibility index (Phi) is 3.54. The van der Waals surface area contributed by atoms with Gasteiger partial charge in [-0.25, -0.2) is 4.98 Å². The van der Waals surface area contributed by atoms with Crippen LogP contribution in [0.3, 0.4) is 0 Å². The summed E-state index contributed by atoms with van der Waals surface area (Å²) in [6.07, 6.45) is 1.10. The summed E-state index contributed by atoms with van der Waals surface area (Å²) in [7, 11) is 0. The van der Waals surface area contributed by atoms with Crippen LogP contribution in [-0.2, 0) is 24.4 Å². The maximum absolute atomic E-state index is 11.4. The third-order valence-electron chi connectivity index (χ3n) is 3.50. The first-order valence-electron chi connectivity index (χ1n) is 6.19. The van der Waals surface area contributed by atoms with Gasteiger partial charge >= 0.3 is 0 Å². The van der Waals surface area contributed by atoms with Gasteiger partial charge in [-0.2, -0.15) is 0 Å². The number of carbonyl (C=O) groups is 1. The predicted molar refractivity (Wildman–Crippen MR) is 67.1 cm³/mol. The number of halogens is 1. The first kappa shape index (κ1) is 13.0. The van der Waals surface area contributed by atoms with E-state index in [1.165, 1.54) is 0 Å². The van der Waals surface area contributed by atoms with Gasteiger partial charge in [0.1, 0.15) is 11.4 Å². The van der Waals surface area contributed by atoms with Crippen molar-refractivity contribution in [3.8, 4) is 0 Å². The van der Waals surface area contributed by atoms with E-state index in [1.54, 1.807) is 6.07 Å². The van der Waals surface area contributed by atoms with Crippen molar-refractivity contribution < 1.29 is 19.0 Å². The van der Waals surface area contributed by atoms with Crippen molar-refractivity contribution in [3.63, 3.8) is 0 Å². The van der Waals surface area contributed by atoms with Gasteiger partial charge in [-0.3, -0.25) is 0 Å². The van der Waals surface area contributed by atoms with Gasteiger partial charge in [0, 0.05) is 12.2 Å². The van der Waals surface area contributed by atoms with Crippen molar-refractivity contribution in [1.29, 1.82) is 0 Å². The first-order chi connectivity index (χ1) is 9.23. The summed E-state index contributed by atoms with van der Waals surface area (Å²) in [5.41, 5.74) is 0.723. The van der Waals surface area contributed by atoms with Crippen molar-refractivity contribution in [2.75, 3.05) is 26.4 Å². The predicted octanol–water partition coefficient (Wildman–Crippen LogP) is 1.64. The number of pyridine rings is 1. The van der Waals surface area contributed by atoms with Crippen LogP contribution in [0.5, 0.6) is 0 Å². The molecule has 0 N–H and O–H groups in total. The van der Waals surface area contributed by atoms with Crippen LogP contribution in [0.2, 0.25) is 5.15 Å². The average molecular weight is 284 g/mol. The molecule has 102 valence electrons. The Balaban J connectivity index is 1.99. The highest BCUT2D eigenvalue weighted by Crippen LogP contribution is 2.34. The molecule has 6 heteroatoms. The second-order valence-electron chi connectivity index (χ2n) is 4.76. The molecular weight excluding hydrogens is 270 g/mol. The lowest BCUT2D eigenvalue weighted by atomic mass is 9.84. The second kappa shape index (κ2) is 5.17. The highest BCUT2D eigenvalue weighted by molar-refractivity contribution is 6.29. The zero-order valence-corrected chi connectivity index (χ0v) is 11.1. The molecule has 0 spiro atoms. The molecule has 2 saturated heterocycles. The summed E-state index contributed by atoms with van der Waals surface area (Å²) in [4.78, 5) is 15.7. The standard InChI is InChI=1S/C13H14ClNO4/c14-11-6-9(12-18-3-4-19-12)5-10(15-11)13(7-16)1-2-17-8-13/h5-7,12H,1-4,8H2. The first-order valence-corrected chi connectivity index (χ1v) is 6.57. The number of rotatable bonds is 3. The van der Waals surface area contributed by atoms with E-state index in [1.807, 2.05) is 6.07 Å². The van der Waals surface area contributed by atoms with Gasteiger partial charge in [-0.15, -0.1) is 0 Å². The van der Waals surface area contributed by atoms with Gasteiger partial charge in [-0.1, -0.05) is 11.6 Å². The zero-order chi connectivity index (χ0) is 13.3. The SMILES string of the molecule is O=CC1(c2cc(C3OCCO3)cc(Cl)n2)CCOC1. The number of aromatic nitrogens is 1. The maximum atomic E-state index is 11.4. The quantitative estimate of drug-likeness (QED) is 0.623. The van der Waals surface area contributed by atoms with E-state index in [2.05, 4.69) is 4.98 Å². The fourth-order valence-corrected chi connectivity index (χ4v) is 2.61. The summed E-state index contributed by atoms with van der Waals surface area (Å²) >= 11 is 6.05. The molecule has 1 atom stereocenters. The van der Waals surface area contributed by atoms with E-state index < -0.39 is 11.7 Å². The topological polar surface area (TPSA) is 57.7 Å². The van der Waals surface area contributed by atoms with Crippen molar-refractivity contribution in [3.05, 3.63) is 28.5 Å². The molecule has 1 aromatic heterocycles. The van der Waals surface area contributed by atoms with E-state index in [0.717, 1.165) is 11.8 Å². The van der Waals surface area contributed by atoms with Gasteiger partial charge < -0.3 is 19.0 Å². The molecule has 0 radical (unpaired) electrons.